The molecule has 0 N–H and O–H groups in total. The maximum atomic E-state index is 5.74. The summed E-state index contributed by atoms with van der Waals surface area (Å²) in [4.78, 5) is 4.84. The Morgan fingerprint density at radius 1 is 1.22 bits per heavy atom. The molecule has 1 aliphatic heterocycles. The molecule has 0 bridgehead atoms. The van der Waals surface area contributed by atoms with Gasteiger partial charge >= 0.3 is 0 Å². The molecule has 0 aromatic heterocycles. The van der Waals surface area contributed by atoms with Gasteiger partial charge in [0.25, 0.3) is 0 Å². The van der Waals surface area contributed by atoms with Crippen LogP contribution in [0.4, 0.5) is 0 Å². The van der Waals surface area contributed by atoms with Crippen LogP contribution in [0.1, 0.15) is 32.6 Å². The van der Waals surface area contributed by atoms with Crippen LogP contribution in [0.25, 0.3) is 0 Å². The number of nitrogens with zero attached hydrogens (tertiary/aromatic N) is 2. The van der Waals surface area contributed by atoms with Crippen molar-refractivity contribution in [2.75, 3.05) is 54.5 Å². The van der Waals surface area contributed by atoms with Gasteiger partial charge in [-0.1, -0.05) is 13.3 Å². The second-order valence-electron chi connectivity index (χ2n) is 7.26. The number of likely N-dealkylation sites (tertiary alicyclic amines) is 1. The van der Waals surface area contributed by atoms with Crippen LogP contribution in [0.2, 0.25) is 0 Å². The van der Waals surface area contributed by atoms with Gasteiger partial charge in [-0.25, -0.2) is 0 Å². The Kier molecular flexibility index (Phi) is 6.54. The molecular formula is C19H34N2O2. The highest BCUT2D eigenvalue weighted by atomic mass is 16.5. The predicted octanol–water partition coefficient (Wildman–Crippen LogP) is 3.12. The fourth-order valence-corrected chi connectivity index (χ4v) is 3.90. The average molecular weight is 322 g/mol. The van der Waals surface area contributed by atoms with E-state index in [-0.39, 0.29) is 5.41 Å². The van der Waals surface area contributed by atoms with Crippen LogP contribution in [0, 0.1) is 11.3 Å². The minimum atomic E-state index is 0.0963. The molecule has 0 amide bonds. The third-order valence-electron chi connectivity index (χ3n) is 5.09. The molecule has 4 nitrogen and oxygen atoms in total. The molecule has 1 saturated heterocycles. The minimum absolute atomic E-state index is 0.0963. The van der Waals surface area contributed by atoms with E-state index in [0.717, 1.165) is 50.4 Å². The van der Waals surface area contributed by atoms with Gasteiger partial charge in [0, 0.05) is 12.0 Å². The molecule has 1 spiro atoms. The monoisotopic (exact) mass is 322 g/mol. The van der Waals surface area contributed by atoms with Gasteiger partial charge in [-0.15, -0.1) is 0 Å². The Bertz CT molecular complexity index is 421. The van der Waals surface area contributed by atoms with E-state index in [2.05, 4.69) is 43.0 Å². The lowest BCUT2D eigenvalue weighted by molar-refractivity contribution is 0.170. The highest BCUT2D eigenvalue weighted by Crippen LogP contribution is 2.43. The van der Waals surface area contributed by atoms with Crippen LogP contribution in [-0.4, -0.2) is 64.3 Å². The van der Waals surface area contributed by atoms with Crippen LogP contribution in [0.5, 0.6) is 0 Å². The molecule has 1 fully saturated rings. The largest absolute Gasteiger partial charge is 0.501 e. The van der Waals surface area contributed by atoms with Crippen LogP contribution in [0.3, 0.4) is 0 Å². The second kappa shape index (κ2) is 8.20. The molecule has 0 unspecified atom stereocenters. The zero-order valence-electron chi connectivity index (χ0n) is 15.6. The summed E-state index contributed by atoms with van der Waals surface area (Å²) in [7, 11) is 7.87. The van der Waals surface area contributed by atoms with E-state index < -0.39 is 0 Å². The van der Waals surface area contributed by atoms with E-state index in [1.54, 1.807) is 14.2 Å². The van der Waals surface area contributed by atoms with E-state index in [1.165, 1.54) is 13.0 Å². The van der Waals surface area contributed by atoms with Gasteiger partial charge in [0.1, 0.15) is 11.5 Å². The summed E-state index contributed by atoms with van der Waals surface area (Å²) in [5.41, 5.74) is 0.0963. The summed E-state index contributed by atoms with van der Waals surface area (Å²) in [6, 6.07) is 0. The highest BCUT2D eigenvalue weighted by Gasteiger charge is 2.40. The smallest absolute Gasteiger partial charge is 0.103 e. The first kappa shape index (κ1) is 18.3. The third-order valence-corrected chi connectivity index (χ3v) is 5.09. The van der Waals surface area contributed by atoms with Gasteiger partial charge in [0.05, 0.1) is 20.1 Å². The molecular weight excluding hydrogens is 288 g/mol. The fraction of sp³-hybridized carbons (Fsp3) is 0.789. The molecule has 4 heteroatoms. The Balaban J connectivity index is 2.06. The van der Waals surface area contributed by atoms with Gasteiger partial charge in [-0.05, 0) is 65.1 Å². The highest BCUT2D eigenvalue weighted by molar-refractivity contribution is 5.30. The lowest BCUT2D eigenvalue weighted by Gasteiger charge is -2.33. The molecule has 0 saturated carbocycles. The maximum Gasteiger partial charge on any atom is 0.103 e. The Morgan fingerprint density at radius 3 is 2.39 bits per heavy atom. The number of rotatable bonds is 8. The molecule has 2 rings (SSSR count). The topological polar surface area (TPSA) is 24.9 Å². The van der Waals surface area contributed by atoms with E-state index >= 15 is 0 Å². The van der Waals surface area contributed by atoms with E-state index in [4.69, 9.17) is 9.47 Å². The number of hydrogen-bond acceptors (Lipinski definition) is 4. The summed E-state index contributed by atoms with van der Waals surface area (Å²) in [6.45, 7) is 6.78. The van der Waals surface area contributed by atoms with Crippen LogP contribution in [0.15, 0.2) is 23.7 Å². The Labute approximate surface area is 142 Å². The normalized spacial score (nSPS) is 28.2. The van der Waals surface area contributed by atoms with Crippen molar-refractivity contribution >= 4 is 0 Å². The van der Waals surface area contributed by atoms with Crippen molar-refractivity contribution in [2.24, 2.45) is 11.3 Å². The van der Waals surface area contributed by atoms with Gasteiger partial charge in [0.2, 0.25) is 0 Å². The molecule has 0 aromatic carbocycles. The summed E-state index contributed by atoms with van der Waals surface area (Å²) in [5, 5.41) is 0. The fourth-order valence-electron chi connectivity index (χ4n) is 3.90. The van der Waals surface area contributed by atoms with E-state index in [1.807, 2.05) is 0 Å². The summed E-state index contributed by atoms with van der Waals surface area (Å²) < 4.78 is 11.5. The lowest BCUT2D eigenvalue weighted by atomic mass is 9.78. The van der Waals surface area contributed by atoms with Crippen LogP contribution >= 0.6 is 0 Å². The first-order valence-electron chi connectivity index (χ1n) is 8.94. The second-order valence-corrected chi connectivity index (χ2v) is 7.26. The van der Waals surface area contributed by atoms with Gasteiger partial charge in [-0.3, -0.25) is 0 Å². The summed E-state index contributed by atoms with van der Waals surface area (Å²) in [6.07, 6.45) is 9.36. The molecule has 1 heterocycles. The number of hydrogen-bond donors (Lipinski definition) is 0. The first-order valence-corrected chi connectivity index (χ1v) is 8.94. The molecule has 2 aliphatic rings. The van der Waals surface area contributed by atoms with Gasteiger partial charge in [0.15, 0.2) is 0 Å². The maximum absolute atomic E-state index is 5.74. The SMILES string of the molecule is CCCC1C(OC)=CC2(C=C1OC)CCN(CCCN(C)C)C2. The predicted molar refractivity (Wildman–Crippen MR) is 95.2 cm³/mol. The lowest BCUT2D eigenvalue weighted by Crippen LogP contribution is -2.31. The average Bonchev–Trinajstić information content (AvgIpc) is 2.91. The zero-order chi connectivity index (χ0) is 16.9. The van der Waals surface area contributed by atoms with Gasteiger partial charge in [-0.2, -0.15) is 0 Å². The molecule has 23 heavy (non-hydrogen) atoms. The summed E-state index contributed by atoms with van der Waals surface area (Å²) in [5.74, 6) is 2.49. The molecule has 1 aliphatic carbocycles. The van der Waals surface area contributed by atoms with Crippen molar-refractivity contribution in [1.29, 1.82) is 0 Å². The Hall–Kier alpha value is -1.00. The molecule has 0 atom stereocenters. The quantitative estimate of drug-likeness (QED) is 0.685. The molecule has 0 aromatic rings. The van der Waals surface area contributed by atoms with E-state index in [9.17, 15) is 0 Å². The molecule has 0 radical (unpaired) electrons. The van der Waals surface area contributed by atoms with E-state index in [0.29, 0.717) is 5.92 Å². The molecule has 132 valence electrons. The van der Waals surface area contributed by atoms with Crippen molar-refractivity contribution < 1.29 is 9.47 Å². The van der Waals surface area contributed by atoms with Crippen molar-refractivity contribution in [3.8, 4) is 0 Å². The summed E-state index contributed by atoms with van der Waals surface area (Å²) >= 11 is 0. The van der Waals surface area contributed by atoms with Gasteiger partial charge < -0.3 is 19.3 Å². The van der Waals surface area contributed by atoms with Crippen molar-refractivity contribution in [1.82, 2.24) is 9.80 Å². The number of ether oxygens (including phenoxy) is 2. The first-order chi connectivity index (χ1) is 11.0. The van der Waals surface area contributed by atoms with Crippen LogP contribution < -0.4 is 0 Å². The third kappa shape index (κ3) is 4.51. The Morgan fingerprint density at radius 2 is 1.87 bits per heavy atom. The zero-order valence-corrected chi connectivity index (χ0v) is 15.6. The standard InChI is InChI=1S/C19H34N2O2/c1-6-8-16-17(22-4)13-19(14-18(16)23-5)9-12-21(15-19)11-7-10-20(2)3/h13-14,16H,6-12,15H2,1-5H3. The number of methoxy groups -OCH3 is 2. The van der Waals surface area contributed by atoms with Crippen molar-refractivity contribution in [2.45, 2.75) is 32.6 Å². The van der Waals surface area contributed by atoms with Crippen molar-refractivity contribution in [3.05, 3.63) is 23.7 Å². The van der Waals surface area contributed by atoms with Crippen molar-refractivity contribution in [3.63, 3.8) is 0 Å². The van der Waals surface area contributed by atoms with Crippen LogP contribution in [-0.2, 0) is 9.47 Å². The minimum Gasteiger partial charge on any atom is -0.501 e.